The van der Waals surface area contributed by atoms with Gasteiger partial charge in [-0.2, -0.15) is 9.97 Å². The summed E-state index contributed by atoms with van der Waals surface area (Å²) in [5.41, 5.74) is 7.05. The molecule has 25 heavy (non-hydrogen) atoms. The van der Waals surface area contributed by atoms with E-state index in [4.69, 9.17) is 5.73 Å². The van der Waals surface area contributed by atoms with Crippen LogP contribution in [0.5, 0.6) is 0 Å². The molecule has 136 valence electrons. The van der Waals surface area contributed by atoms with E-state index >= 15 is 0 Å². The van der Waals surface area contributed by atoms with Crippen molar-refractivity contribution in [1.82, 2.24) is 24.4 Å². The number of nitrogens with one attached hydrogen (secondary N) is 1. The zero-order chi connectivity index (χ0) is 17.8. The number of anilines is 3. The third-order valence-corrected chi connectivity index (χ3v) is 4.37. The van der Waals surface area contributed by atoms with Crippen LogP contribution in [0.1, 0.15) is 19.5 Å². The molecule has 0 aromatic carbocycles. The Morgan fingerprint density at radius 1 is 1.20 bits per heavy atom. The zero-order valence-electron chi connectivity index (χ0n) is 15.3. The summed E-state index contributed by atoms with van der Waals surface area (Å²) in [5.74, 6) is 2.51. The Morgan fingerprint density at radius 3 is 2.68 bits per heavy atom. The fourth-order valence-electron chi connectivity index (χ4n) is 2.97. The number of imidazole rings is 1. The average Bonchev–Trinajstić information content (AvgIpc) is 2.99. The molecule has 2 aromatic rings. The first-order chi connectivity index (χ1) is 12.0. The van der Waals surface area contributed by atoms with Crippen molar-refractivity contribution in [2.45, 2.75) is 26.9 Å². The molecule has 8 nitrogen and oxygen atoms in total. The highest BCUT2D eigenvalue weighted by molar-refractivity contribution is 5.53. The van der Waals surface area contributed by atoms with Gasteiger partial charge in [-0.3, -0.25) is 0 Å². The van der Waals surface area contributed by atoms with E-state index in [1.54, 1.807) is 0 Å². The number of aromatic nitrogens is 4. The molecule has 1 aliphatic heterocycles. The van der Waals surface area contributed by atoms with Crippen LogP contribution in [0, 0.1) is 5.92 Å². The highest BCUT2D eigenvalue weighted by atomic mass is 15.3. The van der Waals surface area contributed by atoms with Crippen molar-refractivity contribution in [2.24, 2.45) is 5.92 Å². The molecular weight excluding hydrogens is 316 g/mol. The van der Waals surface area contributed by atoms with Crippen molar-refractivity contribution in [3.8, 4) is 0 Å². The van der Waals surface area contributed by atoms with Gasteiger partial charge in [0.15, 0.2) is 0 Å². The van der Waals surface area contributed by atoms with Crippen LogP contribution in [-0.2, 0) is 13.1 Å². The van der Waals surface area contributed by atoms with Gasteiger partial charge in [0.2, 0.25) is 5.95 Å². The van der Waals surface area contributed by atoms with Gasteiger partial charge in [-0.25, -0.2) is 4.98 Å². The number of nitrogens with two attached hydrogens (primary N) is 1. The fourth-order valence-corrected chi connectivity index (χ4v) is 2.97. The largest absolute Gasteiger partial charge is 0.368 e. The normalized spacial score (nSPS) is 15.8. The van der Waals surface area contributed by atoms with Crippen LogP contribution >= 0.6 is 0 Å². The quantitative estimate of drug-likeness (QED) is 0.816. The Kier molecular flexibility index (Phi) is 5.37. The highest BCUT2D eigenvalue weighted by Gasteiger charge is 2.16. The Labute approximate surface area is 149 Å². The van der Waals surface area contributed by atoms with Crippen LogP contribution < -0.4 is 16.0 Å². The topological polar surface area (TPSA) is 88.1 Å². The molecule has 8 heteroatoms. The van der Waals surface area contributed by atoms with Crippen molar-refractivity contribution in [3.05, 3.63) is 24.3 Å². The third-order valence-electron chi connectivity index (χ3n) is 4.37. The van der Waals surface area contributed by atoms with Crippen LogP contribution in [0.2, 0.25) is 0 Å². The molecule has 3 N–H and O–H groups in total. The molecule has 0 radical (unpaired) electrons. The van der Waals surface area contributed by atoms with E-state index in [0.29, 0.717) is 18.4 Å². The first-order valence-electron chi connectivity index (χ1n) is 8.82. The zero-order valence-corrected chi connectivity index (χ0v) is 15.3. The molecule has 0 saturated carbocycles. The number of likely N-dealkylation sites (N-methyl/N-ethyl adjacent to an activating group) is 1. The van der Waals surface area contributed by atoms with Crippen molar-refractivity contribution in [2.75, 3.05) is 49.2 Å². The molecular formula is C17H28N8. The van der Waals surface area contributed by atoms with Crippen LogP contribution in [0.15, 0.2) is 18.6 Å². The van der Waals surface area contributed by atoms with Crippen molar-refractivity contribution in [3.63, 3.8) is 0 Å². The second-order valence-corrected chi connectivity index (χ2v) is 7.04. The molecule has 3 heterocycles. The molecule has 1 saturated heterocycles. The summed E-state index contributed by atoms with van der Waals surface area (Å²) >= 11 is 0. The van der Waals surface area contributed by atoms with E-state index < -0.39 is 0 Å². The number of nitrogen functional groups attached to an aromatic ring is 1. The maximum Gasteiger partial charge on any atom is 0.223 e. The molecule has 3 rings (SSSR count). The van der Waals surface area contributed by atoms with Gasteiger partial charge in [-0.05, 0) is 13.0 Å². The minimum absolute atomic E-state index is 0.301. The first kappa shape index (κ1) is 17.5. The Morgan fingerprint density at radius 2 is 1.96 bits per heavy atom. The van der Waals surface area contributed by atoms with Crippen LogP contribution in [0.3, 0.4) is 0 Å². The Bertz CT molecular complexity index is 688. The molecule has 0 bridgehead atoms. The molecule has 1 aliphatic rings. The second-order valence-electron chi connectivity index (χ2n) is 7.04. The summed E-state index contributed by atoms with van der Waals surface area (Å²) in [4.78, 5) is 17.6. The minimum Gasteiger partial charge on any atom is -0.368 e. The van der Waals surface area contributed by atoms with Gasteiger partial charge in [0.05, 0.1) is 18.6 Å². The lowest BCUT2D eigenvalue weighted by molar-refractivity contribution is 0.312. The summed E-state index contributed by atoms with van der Waals surface area (Å²) in [6, 6.07) is 1.98. The summed E-state index contributed by atoms with van der Waals surface area (Å²) in [7, 11) is 2.14. The van der Waals surface area contributed by atoms with E-state index in [-0.39, 0.29) is 0 Å². The number of hydrogen-bond donors (Lipinski definition) is 2. The van der Waals surface area contributed by atoms with Gasteiger partial charge in [0.25, 0.3) is 0 Å². The number of nitrogens with zero attached hydrogens (tertiary/aromatic N) is 6. The van der Waals surface area contributed by atoms with Gasteiger partial charge in [-0.1, -0.05) is 13.8 Å². The van der Waals surface area contributed by atoms with Crippen LogP contribution in [-0.4, -0.2) is 57.6 Å². The molecule has 0 unspecified atom stereocenters. The van der Waals surface area contributed by atoms with Crippen LogP contribution in [0.4, 0.5) is 17.6 Å². The summed E-state index contributed by atoms with van der Waals surface area (Å²) in [6.07, 6.45) is 3.77. The molecule has 0 aliphatic carbocycles. The number of rotatable bonds is 6. The van der Waals surface area contributed by atoms with Gasteiger partial charge >= 0.3 is 0 Å². The van der Waals surface area contributed by atoms with Crippen molar-refractivity contribution >= 4 is 17.6 Å². The van der Waals surface area contributed by atoms with Crippen molar-refractivity contribution in [1.29, 1.82) is 0 Å². The van der Waals surface area contributed by atoms with E-state index in [1.165, 1.54) is 0 Å². The predicted molar refractivity (Wildman–Crippen MR) is 101 cm³/mol. The molecule has 1 fully saturated rings. The van der Waals surface area contributed by atoms with Gasteiger partial charge < -0.3 is 25.4 Å². The Balaban J connectivity index is 1.68. The average molecular weight is 344 g/mol. The lowest BCUT2D eigenvalue weighted by Crippen LogP contribution is -2.44. The molecule has 0 atom stereocenters. The SMILES string of the molecule is CC(C)Cn1cncc1CNc1cc(N2CCN(C)CC2)nc(N)n1. The maximum absolute atomic E-state index is 5.92. The lowest BCUT2D eigenvalue weighted by atomic mass is 10.2. The number of piperazine rings is 1. The molecule has 0 amide bonds. The fraction of sp³-hybridized carbons (Fsp3) is 0.588. The van der Waals surface area contributed by atoms with E-state index in [0.717, 1.165) is 50.1 Å². The van der Waals surface area contributed by atoms with Crippen molar-refractivity contribution < 1.29 is 0 Å². The van der Waals surface area contributed by atoms with Crippen LogP contribution in [0.25, 0.3) is 0 Å². The van der Waals surface area contributed by atoms with Gasteiger partial charge in [-0.15, -0.1) is 0 Å². The van der Waals surface area contributed by atoms with E-state index in [1.807, 2.05) is 18.6 Å². The summed E-state index contributed by atoms with van der Waals surface area (Å²) < 4.78 is 2.17. The second kappa shape index (κ2) is 7.69. The number of hydrogen-bond acceptors (Lipinski definition) is 7. The maximum atomic E-state index is 5.92. The predicted octanol–water partition coefficient (Wildman–Crippen LogP) is 1.28. The monoisotopic (exact) mass is 344 g/mol. The highest BCUT2D eigenvalue weighted by Crippen LogP contribution is 2.19. The van der Waals surface area contributed by atoms with Gasteiger partial charge in [0.1, 0.15) is 11.6 Å². The summed E-state index contributed by atoms with van der Waals surface area (Å²) in [5, 5.41) is 3.36. The lowest BCUT2D eigenvalue weighted by Gasteiger charge is -2.33. The summed E-state index contributed by atoms with van der Waals surface area (Å²) in [6.45, 7) is 9.97. The smallest absolute Gasteiger partial charge is 0.223 e. The molecule has 0 spiro atoms. The third kappa shape index (κ3) is 4.60. The standard InChI is InChI=1S/C17H28N8/c1-13(2)11-25-12-19-9-14(25)10-20-15-8-16(22-17(18)21-15)24-6-4-23(3)5-7-24/h8-9,12-13H,4-7,10-11H2,1-3H3,(H3,18,20,21,22). The minimum atomic E-state index is 0.301. The molecule has 2 aromatic heterocycles. The van der Waals surface area contributed by atoms with E-state index in [9.17, 15) is 0 Å². The Hall–Kier alpha value is -2.35. The van der Waals surface area contributed by atoms with Gasteiger partial charge in [0, 0.05) is 45.0 Å². The van der Waals surface area contributed by atoms with E-state index in [2.05, 4.69) is 55.5 Å². The first-order valence-corrected chi connectivity index (χ1v) is 8.82.